The summed E-state index contributed by atoms with van der Waals surface area (Å²) in [6.07, 6.45) is 6.09. The molecule has 0 saturated carbocycles. The third-order valence-corrected chi connectivity index (χ3v) is 2.91. The minimum Gasteiger partial charge on any atom is -0.0843 e. The van der Waals surface area contributed by atoms with Crippen LogP contribution in [0.1, 0.15) is 38.2 Å². The fourth-order valence-corrected chi connectivity index (χ4v) is 1.88. The van der Waals surface area contributed by atoms with E-state index in [9.17, 15) is 0 Å². The van der Waals surface area contributed by atoms with Crippen LogP contribution in [0.3, 0.4) is 0 Å². The van der Waals surface area contributed by atoms with Crippen molar-refractivity contribution in [3.63, 3.8) is 0 Å². The minimum absolute atomic E-state index is 0.778. The average Bonchev–Trinajstić information content (AvgIpc) is 2.18. The van der Waals surface area contributed by atoms with E-state index in [-0.39, 0.29) is 0 Å². The summed E-state index contributed by atoms with van der Waals surface area (Å²) in [5, 5.41) is 1.62. The highest BCUT2D eigenvalue weighted by atomic mass is 35.5. The first-order valence-corrected chi connectivity index (χ1v) is 5.93. The van der Waals surface area contributed by atoms with Crippen molar-refractivity contribution in [1.29, 1.82) is 0 Å². The van der Waals surface area contributed by atoms with Crippen LogP contribution in [0.2, 0.25) is 10.0 Å². The molecule has 1 aromatic rings. The van der Waals surface area contributed by atoms with Crippen LogP contribution >= 0.6 is 23.2 Å². The average molecular weight is 231 g/mol. The van der Waals surface area contributed by atoms with Crippen LogP contribution in [0, 0.1) is 0 Å². The molecule has 0 atom stereocenters. The number of unbranched alkanes of at least 4 members (excludes halogenated alkanes) is 3. The van der Waals surface area contributed by atoms with Gasteiger partial charge in [0, 0.05) is 10.0 Å². The molecular formula is C12H16Cl2. The second-order valence-electron chi connectivity index (χ2n) is 3.55. The highest BCUT2D eigenvalue weighted by Gasteiger charge is 2.00. The van der Waals surface area contributed by atoms with Crippen molar-refractivity contribution >= 4 is 23.2 Å². The van der Waals surface area contributed by atoms with Gasteiger partial charge in [-0.15, -0.1) is 0 Å². The zero-order valence-electron chi connectivity index (χ0n) is 8.52. The van der Waals surface area contributed by atoms with Crippen molar-refractivity contribution in [3.8, 4) is 0 Å². The zero-order chi connectivity index (χ0) is 10.4. The summed E-state index contributed by atoms with van der Waals surface area (Å²) in [5.74, 6) is 0. The quantitative estimate of drug-likeness (QED) is 0.617. The lowest BCUT2D eigenvalue weighted by Gasteiger charge is -2.04. The number of aryl methyl sites for hydroxylation is 1. The number of hydrogen-bond acceptors (Lipinski definition) is 0. The smallest absolute Gasteiger partial charge is 0.0439 e. The molecule has 0 aliphatic heterocycles. The summed E-state index contributed by atoms with van der Waals surface area (Å²) < 4.78 is 0. The summed E-state index contributed by atoms with van der Waals surface area (Å²) in [7, 11) is 0. The summed E-state index contributed by atoms with van der Waals surface area (Å²) in [5.41, 5.74) is 1.18. The van der Waals surface area contributed by atoms with Crippen molar-refractivity contribution in [2.75, 3.05) is 0 Å². The van der Waals surface area contributed by atoms with Crippen LogP contribution in [0.25, 0.3) is 0 Å². The molecule has 0 spiro atoms. The molecule has 0 fully saturated rings. The number of hydrogen-bond donors (Lipinski definition) is 0. The maximum atomic E-state index is 6.05. The summed E-state index contributed by atoms with van der Waals surface area (Å²) in [4.78, 5) is 0. The van der Waals surface area contributed by atoms with E-state index >= 15 is 0 Å². The molecule has 0 amide bonds. The molecule has 0 aliphatic rings. The predicted molar refractivity (Wildman–Crippen MR) is 64.3 cm³/mol. The molecule has 2 heteroatoms. The van der Waals surface area contributed by atoms with E-state index in [0.717, 1.165) is 16.5 Å². The SMILES string of the molecule is CCCCCCc1cc(Cl)ccc1Cl. The molecule has 1 aromatic carbocycles. The highest BCUT2D eigenvalue weighted by molar-refractivity contribution is 6.33. The van der Waals surface area contributed by atoms with E-state index in [2.05, 4.69) is 6.92 Å². The van der Waals surface area contributed by atoms with Crippen LogP contribution in [-0.2, 0) is 6.42 Å². The van der Waals surface area contributed by atoms with Gasteiger partial charge in [0.15, 0.2) is 0 Å². The maximum absolute atomic E-state index is 6.05. The predicted octanol–water partition coefficient (Wildman–Crippen LogP) is 5.12. The summed E-state index contributed by atoms with van der Waals surface area (Å²) >= 11 is 11.9. The monoisotopic (exact) mass is 230 g/mol. The first kappa shape index (κ1) is 11.9. The molecule has 0 N–H and O–H groups in total. The van der Waals surface area contributed by atoms with Gasteiger partial charge in [-0.25, -0.2) is 0 Å². The summed E-state index contributed by atoms with van der Waals surface area (Å²) in [6, 6.07) is 5.67. The van der Waals surface area contributed by atoms with Gasteiger partial charge >= 0.3 is 0 Å². The molecule has 78 valence electrons. The van der Waals surface area contributed by atoms with Crippen LogP contribution < -0.4 is 0 Å². The van der Waals surface area contributed by atoms with E-state index < -0.39 is 0 Å². The molecule has 0 saturated heterocycles. The minimum atomic E-state index is 0.778. The summed E-state index contributed by atoms with van der Waals surface area (Å²) in [6.45, 7) is 2.21. The van der Waals surface area contributed by atoms with Crippen molar-refractivity contribution in [2.45, 2.75) is 39.0 Å². The molecule has 0 radical (unpaired) electrons. The van der Waals surface area contributed by atoms with Crippen LogP contribution in [0.15, 0.2) is 18.2 Å². The molecule has 0 bridgehead atoms. The first-order chi connectivity index (χ1) is 6.74. The van der Waals surface area contributed by atoms with Crippen molar-refractivity contribution < 1.29 is 0 Å². The van der Waals surface area contributed by atoms with Crippen molar-refractivity contribution in [2.24, 2.45) is 0 Å². The number of halogens is 2. The topological polar surface area (TPSA) is 0 Å². The lowest BCUT2D eigenvalue weighted by Crippen LogP contribution is -1.87. The van der Waals surface area contributed by atoms with E-state index in [4.69, 9.17) is 23.2 Å². The molecule has 0 unspecified atom stereocenters. The van der Waals surface area contributed by atoms with Gasteiger partial charge in [-0.1, -0.05) is 49.4 Å². The van der Waals surface area contributed by atoms with E-state index in [1.807, 2.05) is 18.2 Å². The molecule has 1 rings (SSSR count). The Morgan fingerprint density at radius 2 is 1.86 bits per heavy atom. The lowest BCUT2D eigenvalue weighted by molar-refractivity contribution is 0.667. The largest absolute Gasteiger partial charge is 0.0843 e. The van der Waals surface area contributed by atoms with Crippen molar-refractivity contribution in [3.05, 3.63) is 33.8 Å². The molecular weight excluding hydrogens is 215 g/mol. The third-order valence-electron chi connectivity index (χ3n) is 2.31. The normalized spacial score (nSPS) is 10.5. The molecule has 0 aromatic heterocycles. The van der Waals surface area contributed by atoms with E-state index in [1.165, 1.54) is 31.2 Å². The van der Waals surface area contributed by atoms with Gasteiger partial charge in [-0.05, 0) is 36.6 Å². The Kier molecular flexibility index (Phi) is 5.36. The molecule has 0 nitrogen and oxygen atoms in total. The Labute approximate surface area is 96.2 Å². The highest BCUT2D eigenvalue weighted by Crippen LogP contribution is 2.22. The van der Waals surface area contributed by atoms with Gasteiger partial charge in [-0.2, -0.15) is 0 Å². The Morgan fingerprint density at radius 3 is 2.57 bits per heavy atom. The zero-order valence-corrected chi connectivity index (χ0v) is 10.0. The van der Waals surface area contributed by atoms with Crippen LogP contribution in [0.5, 0.6) is 0 Å². The standard InChI is InChI=1S/C12H16Cl2/c1-2-3-4-5-6-10-9-11(13)7-8-12(10)14/h7-9H,2-6H2,1H3. The van der Waals surface area contributed by atoms with Gasteiger partial charge in [0.1, 0.15) is 0 Å². The maximum Gasteiger partial charge on any atom is 0.0439 e. The van der Waals surface area contributed by atoms with Crippen LogP contribution in [-0.4, -0.2) is 0 Å². The van der Waals surface area contributed by atoms with E-state index in [1.54, 1.807) is 0 Å². The Hall–Kier alpha value is -0.200. The molecule has 0 heterocycles. The third kappa shape index (κ3) is 3.89. The lowest BCUT2D eigenvalue weighted by atomic mass is 10.1. The van der Waals surface area contributed by atoms with Gasteiger partial charge < -0.3 is 0 Å². The van der Waals surface area contributed by atoms with Gasteiger partial charge in [0.05, 0.1) is 0 Å². The number of benzene rings is 1. The number of rotatable bonds is 5. The Balaban J connectivity index is 2.45. The fourth-order valence-electron chi connectivity index (χ4n) is 1.48. The molecule has 14 heavy (non-hydrogen) atoms. The van der Waals surface area contributed by atoms with Crippen LogP contribution in [0.4, 0.5) is 0 Å². The first-order valence-electron chi connectivity index (χ1n) is 5.18. The second kappa shape index (κ2) is 6.31. The van der Waals surface area contributed by atoms with Gasteiger partial charge in [0.2, 0.25) is 0 Å². The van der Waals surface area contributed by atoms with E-state index in [0.29, 0.717) is 0 Å². The molecule has 0 aliphatic carbocycles. The van der Waals surface area contributed by atoms with Gasteiger partial charge in [-0.3, -0.25) is 0 Å². The fraction of sp³-hybridized carbons (Fsp3) is 0.500. The Bertz CT molecular complexity index is 282. The second-order valence-corrected chi connectivity index (χ2v) is 4.39. The Morgan fingerprint density at radius 1 is 1.07 bits per heavy atom. The van der Waals surface area contributed by atoms with Gasteiger partial charge in [0.25, 0.3) is 0 Å². The van der Waals surface area contributed by atoms with Crippen molar-refractivity contribution in [1.82, 2.24) is 0 Å².